The molecule has 0 aromatic carbocycles. The monoisotopic (exact) mass is 392 g/mol. The number of ether oxygens (including phenoxy) is 1. The Kier molecular flexibility index (Phi) is 6.15. The molecule has 27 heavy (non-hydrogen) atoms. The molecule has 6 nitrogen and oxygen atoms in total. The quantitative estimate of drug-likeness (QED) is 0.788. The summed E-state index contributed by atoms with van der Waals surface area (Å²) in [4.78, 5) is 23.9. The molecule has 1 amide bonds. The van der Waals surface area contributed by atoms with Crippen LogP contribution < -0.4 is 4.90 Å². The smallest absolute Gasteiger partial charge is 0.255 e. The van der Waals surface area contributed by atoms with Gasteiger partial charge in [-0.3, -0.25) is 9.69 Å². The first-order valence-electron chi connectivity index (χ1n) is 10.2. The van der Waals surface area contributed by atoms with Gasteiger partial charge in [0, 0.05) is 58.6 Å². The molecule has 3 aliphatic rings. The molecular weight excluding hydrogens is 364 g/mol. The topological polar surface area (TPSA) is 48.9 Å². The highest BCUT2D eigenvalue weighted by Crippen LogP contribution is 2.26. The summed E-state index contributed by atoms with van der Waals surface area (Å²) in [6.45, 7) is 8.48. The molecule has 1 aromatic heterocycles. The fourth-order valence-electron chi connectivity index (χ4n) is 4.29. The summed E-state index contributed by atoms with van der Waals surface area (Å²) in [7, 11) is 0. The molecule has 0 aliphatic carbocycles. The van der Waals surface area contributed by atoms with Gasteiger partial charge >= 0.3 is 0 Å². The maximum atomic E-state index is 12.6. The lowest BCUT2D eigenvalue weighted by molar-refractivity contribution is 0.0724. The van der Waals surface area contributed by atoms with Gasteiger partial charge in [-0.05, 0) is 37.7 Å². The third-order valence-corrected chi connectivity index (χ3v) is 6.20. The lowest BCUT2D eigenvalue weighted by Crippen LogP contribution is -2.48. The normalized spacial score (nSPS) is 24.4. The minimum absolute atomic E-state index is 0.0549. The first-order chi connectivity index (χ1) is 13.2. The number of rotatable bonds is 4. The zero-order valence-corrected chi connectivity index (χ0v) is 16.7. The Balaban J connectivity index is 1.34. The zero-order valence-electron chi connectivity index (χ0n) is 15.9. The van der Waals surface area contributed by atoms with E-state index in [0.717, 1.165) is 77.7 Å². The van der Waals surface area contributed by atoms with Crippen molar-refractivity contribution in [3.63, 3.8) is 0 Å². The van der Waals surface area contributed by atoms with Crippen molar-refractivity contribution in [2.24, 2.45) is 5.92 Å². The largest absolute Gasteiger partial charge is 0.381 e. The molecule has 0 radical (unpaired) electrons. The van der Waals surface area contributed by atoms with Crippen LogP contribution >= 0.6 is 11.6 Å². The molecule has 3 saturated heterocycles. The Hall–Kier alpha value is -1.37. The number of carbonyl (C=O) groups is 1. The van der Waals surface area contributed by atoms with Crippen LogP contribution in [0.3, 0.4) is 0 Å². The van der Waals surface area contributed by atoms with Crippen LogP contribution in [0, 0.1) is 5.92 Å². The van der Waals surface area contributed by atoms with Crippen molar-refractivity contribution in [1.82, 2.24) is 14.8 Å². The van der Waals surface area contributed by atoms with Crippen molar-refractivity contribution in [1.29, 1.82) is 0 Å². The average molecular weight is 393 g/mol. The van der Waals surface area contributed by atoms with Crippen LogP contribution in [0.4, 0.5) is 5.82 Å². The number of hydrogen-bond donors (Lipinski definition) is 0. The van der Waals surface area contributed by atoms with Crippen LogP contribution in [-0.2, 0) is 4.74 Å². The van der Waals surface area contributed by atoms with E-state index in [2.05, 4.69) is 14.8 Å². The van der Waals surface area contributed by atoms with Gasteiger partial charge in [-0.2, -0.15) is 0 Å². The van der Waals surface area contributed by atoms with Crippen molar-refractivity contribution in [3.8, 4) is 0 Å². The second kappa shape index (κ2) is 8.76. The number of nitrogens with zero attached hydrogens (tertiary/aromatic N) is 4. The van der Waals surface area contributed by atoms with Crippen molar-refractivity contribution < 1.29 is 9.53 Å². The lowest BCUT2D eigenvalue weighted by atomic mass is 10.1. The second-order valence-electron chi connectivity index (χ2n) is 7.90. The fourth-order valence-corrected chi connectivity index (χ4v) is 4.58. The highest BCUT2D eigenvalue weighted by molar-refractivity contribution is 6.33. The number of hydrogen-bond acceptors (Lipinski definition) is 5. The number of halogens is 1. The van der Waals surface area contributed by atoms with Crippen molar-refractivity contribution in [2.45, 2.75) is 25.7 Å². The van der Waals surface area contributed by atoms with E-state index in [4.69, 9.17) is 16.3 Å². The van der Waals surface area contributed by atoms with Crippen LogP contribution in [0.2, 0.25) is 5.02 Å². The van der Waals surface area contributed by atoms with Gasteiger partial charge in [-0.25, -0.2) is 4.98 Å². The molecule has 148 valence electrons. The fraction of sp³-hybridized carbons (Fsp3) is 0.700. The molecule has 4 heterocycles. The third-order valence-electron chi connectivity index (χ3n) is 5.92. The SMILES string of the molecule is O=C(c1cnc(N2CCN(CC3CCOC3)CC2)c(Cl)c1)N1CCCCC1. The summed E-state index contributed by atoms with van der Waals surface area (Å²) in [6.07, 6.45) is 6.26. The van der Waals surface area contributed by atoms with Gasteiger partial charge in [0.1, 0.15) is 5.82 Å². The maximum Gasteiger partial charge on any atom is 0.255 e. The zero-order chi connectivity index (χ0) is 18.6. The number of amides is 1. The van der Waals surface area contributed by atoms with E-state index in [0.29, 0.717) is 16.5 Å². The van der Waals surface area contributed by atoms with Crippen LogP contribution in [-0.4, -0.2) is 79.7 Å². The first-order valence-corrected chi connectivity index (χ1v) is 10.6. The summed E-state index contributed by atoms with van der Waals surface area (Å²) in [5, 5.41) is 0.579. The van der Waals surface area contributed by atoms with Crippen molar-refractivity contribution >= 4 is 23.3 Å². The van der Waals surface area contributed by atoms with Gasteiger partial charge in [0.15, 0.2) is 0 Å². The van der Waals surface area contributed by atoms with E-state index in [1.807, 2.05) is 4.90 Å². The third kappa shape index (κ3) is 4.55. The molecule has 1 aromatic rings. The number of likely N-dealkylation sites (tertiary alicyclic amines) is 1. The molecule has 0 saturated carbocycles. The molecular formula is C20H29ClN4O2. The molecule has 0 N–H and O–H groups in total. The predicted molar refractivity (Wildman–Crippen MR) is 107 cm³/mol. The van der Waals surface area contributed by atoms with Crippen LogP contribution in [0.1, 0.15) is 36.0 Å². The molecule has 3 fully saturated rings. The van der Waals surface area contributed by atoms with Crippen LogP contribution in [0.15, 0.2) is 12.3 Å². The Bertz CT molecular complexity index is 651. The van der Waals surface area contributed by atoms with Gasteiger partial charge in [-0.15, -0.1) is 0 Å². The van der Waals surface area contributed by atoms with Gasteiger partial charge in [0.2, 0.25) is 0 Å². The summed E-state index contributed by atoms with van der Waals surface area (Å²) in [5.41, 5.74) is 0.602. The Labute approximate surface area is 166 Å². The summed E-state index contributed by atoms with van der Waals surface area (Å²) in [6, 6.07) is 1.79. The number of carbonyl (C=O) groups excluding carboxylic acids is 1. The molecule has 0 spiro atoms. The molecule has 1 unspecified atom stereocenters. The number of aromatic nitrogens is 1. The number of pyridine rings is 1. The summed E-state index contributed by atoms with van der Waals surface area (Å²) < 4.78 is 5.48. The Morgan fingerprint density at radius 2 is 1.93 bits per heavy atom. The molecule has 0 bridgehead atoms. The molecule has 3 aliphatic heterocycles. The van der Waals surface area contributed by atoms with Gasteiger partial charge in [0.05, 0.1) is 17.2 Å². The van der Waals surface area contributed by atoms with Gasteiger partial charge in [0.25, 0.3) is 5.91 Å². The van der Waals surface area contributed by atoms with Crippen LogP contribution in [0.25, 0.3) is 0 Å². The highest BCUT2D eigenvalue weighted by Gasteiger charge is 2.25. The summed E-state index contributed by atoms with van der Waals surface area (Å²) in [5.74, 6) is 1.54. The second-order valence-corrected chi connectivity index (χ2v) is 8.31. The van der Waals surface area contributed by atoms with E-state index < -0.39 is 0 Å². The standard InChI is InChI=1S/C20H29ClN4O2/c21-18-12-17(20(26)25-5-2-1-3-6-25)13-22-19(18)24-9-7-23(8-10-24)14-16-4-11-27-15-16/h12-13,16H,1-11,14-15H2. The highest BCUT2D eigenvalue weighted by atomic mass is 35.5. The minimum atomic E-state index is 0.0549. The van der Waals surface area contributed by atoms with Crippen molar-refractivity contribution in [3.05, 3.63) is 22.8 Å². The Morgan fingerprint density at radius 3 is 2.59 bits per heavy atom. The Morgan fingerprint density at radius 1 is 1.15 bits per heavy atom. The van der Waals surface area contributed by atoms with E-state index in [1.54, 1.807) is 12.3 Å². The van der Waals surface area contributed by atoms with Crippen molar-refractivity contribution in [2.75, 3.05) is 63.9 Å². The average Bonchev–Trinajstić information content (AvgIpc) is 3.22. The predicted octanol–water partition coefficient (Wildman–Crippen LogP) is 2.52. The number of anilines is 1. The lowest BCUT2D eigenvalue weighted by Gasteiger charge is -2.36. The van der Waals surface area contributed by atoms with E-state index >= 15 is 0 Å². The minimum Gasteiger partial charge on any atom is -0.381 e. The number of piperazine rings is 1. The van der Waals surface area contributed by atoms with E-state index in [9.17, 15) is 4.79 Å². The molecule has 1 atom stereocenters. The van der Waals surface area contributed by atoms with Gasteiger partial charge in [-0.1, -0.05) is 11.6 Å². The summed E-state index contributed by atoms with van der Waals surface area (Å²) >= 11 is 6.51. The maximum absolute atomic E-state index is 12.6. The van der Waals surface area contributed by atoms with E-state index in [-0.39, 0.29) is 5.91 Å². The van der Waals surface area contributed by atoms with Gasteiger partial charge < -0.3 is 14.5 Å². The number of piperidine rings is 1. The van der Waals surface area contributed by atoms with E-state index in [1.165, 1.54) is 12.8 Å². The molecule has 7 heteroatoms. The first kappa shape index (κ1) is 19.0. The van der Waals surface area contributed by atoms with Crippen LogP contribution in [0.5, 0.6) is 0 Å². The molecule has 4 rings (SSSR count).